The smallest absolute Gasteiger partial charge is 0.429 e. The Morgan fingerprint density at radius 3 is 1.45 bits per heavy atom. The number of aliphatic hydroxyl groups is 2. The lowest BCUT2D eigenvalue weighted by atomic mass is 9.88. The Balaban J connectivity index is 2.32. The monoisotopic (exact) mass is 314 g/mol. The minimum atomic E-state index is -1.20. The van der Waals surface area contributed by atoms with Crippen LogP contribution < -0.4 is 0 Å². The molecule has 4 atom stereocenters. The summed E-state index contributed by atoms with van der Waals surface area (Å²) in [5.74, 6) is 0. The van der Waals surface area contributed by atoms with Gasteiger partial charge in [-0.1, -0.05) is 12.2 Å². The Bertz CT molecular complexity index is 436. The number of nitrogens with zero attached hydrogens (tertiary/aromatic N) is 2. The number of carbonyl (C=O) groups is 2. The van der Waals surface area contributed by atoms with Gasteiger partial charge in [-0.2, -0.15) is 0 Å². The van der Waals surface area contributed by atoms with Crippen LogP contribution in [0.4, 0.5) is 9.59 Å². The highest BCUT2D eigenvalue weighted by molar-refractivity contribution is 5.76. The first-order valence-corrected chi connectivity index (χ1v) is 7.28. The molecule has 0 saturated carbocycles. The standard InChI is InChI=1S/C14H22N2O6/c1-7(2)21-13(19)15-9-5-6-10(12(18)11(9)17)16(15)14(20)22-8(3)4/h5-12,17-18H,1-4H3. The van der Waals surface area contributed by atoms with E-state index in [0.29, 0.717) is 0 Å². The molecule has 4 unspecified atom stereocenters. The fourth-order valence-corrected chi connectivity index (χ4v) is 2.53. The number of ether oxygens (including phenoxy) is 2. The molecule has 2 aliphatic heterocycles. The zero-order chi connectivity index (χ0) is 16.6. The van der Waals surface area contributed by atoms with E-state index in [-0.39, 0.29) is 12.2 Å². The molecule has 1 saturated heterocycles. The molecule has 1 aliphatic carbocycles. The number of carbonyl (C=O) groups excluding carboxylic acids is 2. The molecule has 2 heterocycles. The van der Waals surface area contributed by atoms with E-state index in [4.69, 9.17) is 9.47 Å². The first-order chi connectivity index (χ1) is 10.2. The van der Waals surface area contributed by atoms with E-state index in [1.165, 1.54) is 0 Å². The van der Waals surface area contributed by atoms with Crippen LogP contribution in [0.25, 0.3) is 0 Å². The maximum absolute atomic E-state index is 12.3. The molecule has 3 rings (SSSR count). The van der Waals surface area contributed by atoms with Crippen LogP contribution in [0.15, 0.2) is 12.2 Å². The summed E-state index contributed by atoms with van der Waals surface area (Å²) in [5, 5.41) is 22.2. The van der Waals surface area contributed by atoms with Crippen LogP contribution in [-0.2, 0) is 9.47 Å². The predicted molar refractivity (Wildman–Crippen MR) is 75.6 cm³/mol. The molecule has 124 valence electrons. The number of hydrogen-bond donors (Lipinski definition) is 2. The molecule has 2 amide bonds. The van der Waals surface area contributed by atoms with Crippen molar-refractivity contribution >= 4 is 12.2 Å². The van der Waals surface area contributed by atoms with Crippen molar-refractivity contribution in [1.29, 1.82) is 0 Å². The zero-order valence-corrected chi connectivity index (χ0v) is 13.0. The third-order valence-corrected chi connectivity index (χ3v) is 3.40. The second-order valence-corrected chi connectivity index (χ2v) is 5.90. The lowest BCUT2D eigenvalue weighted by Gasteiger charge is -2.52. The van der Waals surface area contributed by atoms with Gasteiger partial charge < -0.3 is 19.7 Å². The van der Waals surface area contributed by atoms with Crippen LogP contribution in [-0.4, -0.2) is 68.9 Å². The van der Waals surface area contributed by atoms with Crippen LogP contribution >= 0.6 is 0 Å². The van der Waals surface area contributed by atoms with Crippen LogP contribution in [0, 0.1) is 0 Å². The van der Waals surface area contributed by atoms with Crippen molar-refractivity contribution in [3.63, 3.8) is 0 Å². The number of rotatable bonds is 2. The summed E-state index contributed by atoms with van der Waals surface area (Å²) in [6.45, 7) is 6.71. The first kappa shape index (κ1) is 16.6. The van der Waals surface area contributed by atoms with Gasteiger partial charge in [0.1, 0.15) is 24.3 Å². The number of hydrogen-bond acceptors (Lipinski definition) is 6. The Labute approximate surface area is 128 Å². The summed E-state index contributed by atoms with van der Waals surface area (Å²) in [5.41, 5.74) is 0. The maximum Gasteiger partial charge on any atom is 0.429 e. The second-order valence-electron chi connectivity index (χ2n) is 5.90. The largest absolute Gasteiger partial charge is 0.445 e. The van der Waals surface area contributed by atoms with E-state index in [2.05, 4.69) is 0 Å². The molecule has 0 aromatic carbocycles. The predicted octanol–water partition coefficient (Wildman–Crippen LogP) is 0.638. The fraction of sp³-hybridized carbons (Fsp3) is 0.714. The van der Waals surface area contributed by atoms with Gasteiger partial charge in [0.25, 0.3) is 0 Å². The summed E-state index contributed by atoms with van der Waals surface area (Å²) < 4.78 is 10.2. The third-order valence-electron chi connectivity index (χ3n) is 3.40. The second kappa shape index (κ2) is 6.13. The normalized spacial score (nSPS) is 30.2. The summed E-state index contributed by atoms with van der Waals surface area (Å²) in [4.78, 5) is 24.6. The summed E-state index contributed by atoms with van der Waals surface area (Å²) >= 11 is 0. The van der Waals surface area contributed by atoms with Crippen molar-refractivity contribution in [2.45, 2.75) is 64.2 Å². The van der Waals surface area contributed by atoms with Crippen molar-refractivity contribution < 1.29 is 29.3 Å². The van der Waals surface area contributed by atoms with Crippen LogP contribution in [0.2, 0.25) is 0 Å². The molecule has 0 spiro atoms. The summed E-state index contributed by atoms with van der Waals surface area (Å²) in [6.07, 6.45) is -1.58. The van der Waals surface area contributed by atoms with Crippen molar-refractivity contribution in [3.8, 4) is 0 Å². The van der Waals surface area contributed by atoms with E-state index in [9.17, 15) is 19.8 Å². The molecule has 22 heavy (non-hydrogen) atoms. The minimum Gasteiger partial charge on any atom is -0.445 e. The number of fused-ring (bicyclic) bond motifs is 2. The quantitative estimate of drug-likeness (QED) is 0.726. The van der Waals surface area contributed by atoms with Crippen molar-refractivity contribution in [2.24, 2.45) is 0 Å². The molecular formula is C14H22N2O6. The molecule has 8 heteroatoms. The molecule has 0 aromatic heterocycles. The van der Waals surface area contributed by atoms with E-state index in [0.717, 1.165) is 10.0 Å². The Morgan fingerprint density at radius 1 is 0.864 bits per heavy atom. The van der Waals surface area contributed by atoms with Crippen LogP contribution in [0.3, 0.4) is 0 Å². The lowest BCUT2D eigenvalue weighted by Crippen LogP contribution is -2.73. The molecule has 2 N–H and O–H groups in total. The molecule has 0 radical (unpaired) electrons. The molecule has 3 aliphatic rings. The maximum atomic E-state index is 12.3. The third kappa shape index (κ3) is 2.89. The van der Waals surface area contributed by atoms with Crippen molar-refractivity contribution in [1.82, 2.24) is 10.0 Å². The number of hydrazine groups is 1. The topological polar surface area (TPSA) is 99.5 Å². The average Bonchev–Trinajstić information content (AvgIpc) is 2.41. The summed E-state index contributed by atoms with van der Waals surface area (Å²) in [6, 6.07) is -1.77. The Kier molecular flexibility index (Phi) is 4.62. The fourth-order valence-electron chi connectivity index (χ4n) is 2.53. The van der Waals surface area contributed by atoms with Crippen LogP contribution in [0.5, 0.6) is 0 Å². The highest BCUT2D eigenvalue weighted by Crippen LogP contribution is 2.32. The molecule has 8 nitrogen and oxygen atoms in total. The highest BCUT2D eigenvalue weighted by atomic mass is 16.6. The average molecular weight is 314 g/mol. The van der Waals surface area contributed by atoms with Gasteiger partial charge in [-0.3, -0.25) is 0 Å². The zero-order valence-electron chi connectivity index (χ0n) is 13.0. The van der Waals surface area contributed by atoms with Gasteiger partial charge in [0, 0.05) is 0 Å². The molecule has 2 bridgehead atoms. The van der Waals surface area contributed by atoms with E-state index >= 15 is 0 Å². The lowest BCUT2D eigenvalue weighted by molar-refractivity contribution is -0.173. The van der Waals surface area contributed by atoms with Crippen molar-refractivity contribution in [3.05, 3.63) is 12.2 Å². The van der Waals surface area contributed by atoms with Gasteiger partial charge in [0.15, 0.2) is 0 Å². The van der Waals surface area contributed by atoms with Gasteiger partial charge in [-0.05, 0) is 27.7 Å². The highest BCUT2D eigenvalue weighted by Gasteiger charge is 2.53. The Morgan fingerprint density at radius 2 is 1.18 bits per heavy atom. The van der Waals surface area contributed by atoms with Gasteiger partial charge in [0.2, 0.25) is 0 Å². The SMILES string of the molecule is CC(C)OC(=O)N1C2C=CC(C(O)C2O)N1C(=O)OC(C)C. The minimum absolute atomic E-state index is 0.387. The van der Waals surface area contributed by atoms with Crippen molar-refractivity contribution in [2.75, 3.05) is 0 Å². The van der Waals surface area contributed by atoms with E-state index in [1.807, 2.05) is 0 Å². The summed E-state index contributed by atoms with van der Waals surface area (Å²) in [7, 11) is 0. The van der Waals surface area contributed by atoms with Crippen LogP contribution in [0.1, 0.15) is 27.7 Å². The van der Waals surface area contributed by atoms with Gasteiger partial charge >= 0.3 is 12.2 Å². The number of amides is 2. The molecular weight excluding hydrogens is 292 g/mol. The van der Waals surface area contributed by atoms with Gasteiger partial charge in [-0.15, -0.1) is 0 Å². The van der Waals surface area contributed by atoms with E-state index in [1.54, 1.807) is 39.8 Å². The molecule has 0 aromatic rings. The first-order valence-electron chi connectivity index (χ1n) is 7.28. The van der Waals surface area contributed by atoms with Gasteiger partial charge in [0.05, 0.1) is 12.2 Å². The Hall–Kier alpha value is -1.80. The van der Waals surface area contributed by atoms with E-state index < -0.39 is 36.5 Å². The molecule has 1 fully saturated rings. The number of aliphatic hydroxyl groups excluding tert-OH is 2. The van der Waals surface area contributed by atoms with Gasteiger partial charge in [-0.25, -0.2) is 19.6 Å².